The smallest absolute Gasteiger partial charge is 0.471 e. The van der Waals surface area contributed by atoms with Gasteiger partial charge in [-0.15, -0.1) is 0 Å². The number of imidazole rings is 3. The number of nitrogens with one attached hydrogen (secondary N) is 3. The highest BCUT2D eigenvalue weighted by atomic mass is 35.5. The van der Waals surface area contributed by atoms with Crippen molar-refractivity contribution in [2.45, 2.75) is 77.7 Å². The molecule has 3 N–H and O–H groups in total. The number of aromatic nitrogens is 9. The summed E-state index contributed by atoms with van der Waals surface area (Å²) in [5, 5.41) is 22.6. The van der Waals surface area contributed by atoms with Crippen LogP contribution >= 0.6 is 23.2 Å². The first kappa shape index (κ1) is 74.5. The monoisotopic (exact) mass is 1490 g/mol. The second-order valence-electron chi connectivity index (χ2n) is 25.6. The Labute approximate surface area is 619 Å². The number of aryl methyl sites for hydroxylation is 4. The van der Waals surface area contributed by atoms with Crippen LogP contribution in [-0.4, -0.2) is 174 Å². The quantitative estimate of drug-likeness (QED) is 0.0641. The van der Waals surface area contributed by atoms with E-state index in [0.29, 0.717) is 99.7 Å². The highest BCUT2D eigenvalue weighted by Crippen LogP contribution is 2.41. The van der Waals surface area contributed by atoms with E-state index in [9.17, 15) is 27.6 Å². The summed E-state index contributed by atoms with van der Waals surface area (Å²) >= 11 is 12.8. The van der Waals surface area contributed by atoms with E-state index in [2.05, 4.69) is 41.7 Å². The molecule has 3 amide bonds. The Hall–Kier alpha value is -11.3. The van der Waals surface area contributed by atoms with Crippen LogP contribution in [0.5, 0.6) is 40.2 Å². The molecule has 3 saturated heterocycles. The Morgan fingerprint density at radius 2 is 0.830 bits per heavy atom. The third kappa shape index (κ3) is 16.5. The van der Waals surface area contributed by atoms with Crippen LogP contribution in [0.15, 0.2) is 133 Å². The van der Waals surface area contributed by atoms with Gasteiger partial charge in [-0.1, -0.05) is 71.7 Å². The number of carbonyl (C=O) groups is 3. The molecule has 0 spiro atoms. The predicted octanol–water partition coefficient (Wildman–Crippen LogP) is 11.7. The molecule has 11 aromatic rings. The molecule has 554 valence electrons. The number of ether oxygens (including phenoxy) is 7. The molecular formula is C76H80Cl2F3N15O10. The molecule has 6 aromatic heterocycles. The number of alkyl halides is 3. The Balaban J connectivity index is 0.000000149. The van der Waals surface area contributed by atoms with Gasteiger partial charge in [0.1, 0.15) is 5.75 Å². The van der Waals surface area contributed by atoms with Crippen molar-refractivity contribution >= 4 is 74.9 Å². The van der Waals surface area contributed by atoms with Crippen LogP contribution in [0.2, 0.25) is 10.3 Å². The second kappa shape index (κ2) is 32.4. The summed E-state index contributed by atoms with van der Waals surface area (Å²) in [6, 6.07) is 41.0. The molecule has 5 aromatic carbocycles. The maximum Gasteiger partial charge on any atom is 0.471 e. The number of nitrogens with zero attached hydrogens (tertiary/aromatic N) is 12. The number of para-hydroxylation sites is 1. The van der Waals surface area contributed by atoms with Crippen molar-refractivity contribution < 1.29 is 60.7 Å². The number of amides is 3. The minimum Gasteiger partial charge on any atom is -0.493 e. The van der Waals surface area contributed by atoms with Crippen molar-refractivity contribution in [1.29, 1.82) is 0 Å². The first-order valence-electron chi connectivity index (χ1n) is 34.1. The number of halogens is 5. The first-order valence-corrected chi connectivity index (χ1v) is 34.9. The Morgan fingerprint density at radius 3 is 1.23 bits per heavy atom. The SMILES string of the molecule is COc1ccc(-c2c(C)nc3c(N4CC[C@@H](NC(=O)C(F)(F)F)C4)cc(Cl)nn23)cc1OC.COc1ccc(-c2c(C)nc3c(N4CC[C@@H](NC(=O)COc5ccccc5)C4)cc(Cl)nn23)cc1OC.COc1ccc(-c2c(C)nc3c(N4CC[C@@H](NC(=O)Cc5ccccc5)C4)cc(C)nn23)cc1OC. The van der Waals surface area contributed by atoms with E-state index >= 15 is 0 Å². The van der Waals surface area contributed by atoms with Crippen molar-refractivity contribution in [2.24, 2.45) is 0 Å². The van der Waals surface area contributed by atoms with Gasteiger partial charge in [0.25, 0.3) is 5.91 Å². The van der Waals surface area contributed by atoms with Crippen LogP contribution in [0.3, 0.4) is 0 Å². The average Bonchev–Trinajstić information content (AvgIpc) is 1.61. The molecule has 106 heavy (non-hydrogen) atoms. The van der Waals surface area contributed by atoms with Gasteiger partial charge in [-0.05, 0) is 125 Å². The summed E-state index contributed by atoms with van der Waals surface area (Å²) in [7, 11) is 9.55. The molecule has 30 heteroatoms. The molecule has 0 aliphatic carbocycles. The highest BCUT2D eigenvalue weighted by Gasteiger charge is 2.41. The summed E-state index contributed by atoms with van der Waals surface area (Å²) < 4.78 is 81.2. The lowest BCUT2D eigenvalue weighted by Crippen LogP contribution is -2.44. The maximum absolute atomic E-state index is 12.6. The first-order chi connectivity index (χ1) is 51.0. The summed E-state index contributed by atoms with van der Waals surface area (Å²) in [6.07, 6.45) is -2.49. The zero-order chi connectivity index (χ0) is 75.1. The number of hydrogen-bond donors (Lipinski definition) is 3. The van der Waals surface area contributed by atoms with Crippen LogP contribution in [0.4, 0.5) is 30.2 Å². The fourth-order valence-corrected chi connectivity index (χ4v) is 13.9. The zero-order valence-corrected chi connectivity index (χ0v) is 61.6. The van der Waals surface area contributed by atoms with Gasteiger partial charge >= 0.3 is 12.1 Å². The molecule has 3 aliphatic heterocycles. The third-order valence-corrected chi connectivity index (χ3v) is 18.9. The number of fused-ring (bicyclic) bond motifs is 3. The van der Waals surface area contributed by atoms with E-state index in [1.807, 2.05) is 152 Å². The zero-order valence-electron chi connectivity index (χ0n) is 60.1. The van der Waals surface area contributed by atoms with Crippen LogP contribution in [0, 0.1) is 27.7 Å². The topological polar surface area (TPSA) is 252 Å². The van der Waals surface area contributed by atoms with Gasteiger partial charge in [0.05, 0.1) is 106 Å². The van der Waals surface area contributed by atoms with Gasteiger partial charge in [-0.2, -0.15) is 28.5 Å². The van der Waals surface area contributed by atoms with E-state index in [1.54, 1.807) is 62.8 Å². The van der Waals surface area contributed by atoms with Gasteiger partial charge in [-0.25, -0.2) is 28.5 Å². The van der Waals surface area contributed by atoms with Crippen LogP contribution in [-0.2, 0) is 20.8 Å². The molecule has 0 unspecified atom stereocenters. The fourth-order valence-electron chi connectivity index (χ4n) is 13.6. The van der Waals surface area contributed by atoms with Crippen molar-refractivity contribution in [2.75, 3.05) is 103 Å². The van der Waals surface area contributed by atoms with Crippen molar-refractivity contribution in [1.82, 2.24) is 59.7 Å². The van der Waals surface area contributed by atoms with Crippen LogP contribution < -0.4 is 63.8 Å². The molecule has 3 aliphatic rings. The summed E-state index contributed by atoms with van der Waals surface area (Å²) in [6.45, 7) is 11.3. The number of hydrogen-bond acceptors (Lipinski definition) is 19. The molecule has 9 heterocycles. The molecule has 0 saturated carbocycles. The lowest BCUT2D eigenvalue weighted by molar-refractivity contribution is -0.174. The van der Waals surface area contributed by atoms with Crippen LogP contribution in [0.1, 0.15) is 47.6 Å². The van der Waals surface area contributed by atoms with E-state index in [1.165, 1.54) is 7.11 Å². The number of benzene rings is 5. The predicted molar refractivity (Wildman–Crippen MR) is 398 cm³/mol. The third-order valence-electron chi connectivity index (χ3n) is 18.5. The normalized spacial score (nSPS) is 15.6. The highest BCUT2D eigenvalue weighted by molar-refractivity contribution is 6.30. The fraction of sp³-hybridized carbons (Fsp3) is 0.329. The lowest BCUT2D eigenvalue weighted by Gasteiger charge is -2.20. The Morgan fingerprint density at radius 1 is 0.462 bits per heavy atom. The van der Waals surface area contributed by atoms with Gasteiger partial charge in [-0.3, -0.25) is 14.4 Å². The molecule has 3 fully saturated rings. The molecule has 3 atom stereocenters. The maximum atomic E-state index is 12.6. The second-order valence-corrected chi connectivity index (χ2v) is 26.4. The summed E-state index contributed by atoms with van der Waals surface area (Å²) in [4.78, 5) is 57.1. The van der Waals surface area contributed by atoms with E-state index in [4.69, 9.17) is 71.4 Å². The number of carbonyl (C=O) groups excluding carboxylic acids is 3. The Kier molecular flexibility index (Phi) is 22.8. The van der Waals surface area contributed by atoms with Gasteiger partial charge in [0, 0.05) is 86.2 Å². The molecule has 14 rings (SSSR count). The van der Waals surface area contributed by atoms with Crippen LogP contribution in [0.25, 0.3) is 50.7 Å². The standard InChI is InChI=1S/C28H31N5O3.C27H28ClN5O4.C21H21ClF3N5O3/c1-18-14-23(32-13-12-22(17-32)30-26(34)15-20-8-6-5-7-9-20)28-29-19(2)27(33(28)31-18)21-10-11-24(35-3)25(16-21)36-4;1-17-26(18-9-10-22(35-2)23(13-18)36-3)33-27(29-17)21(14-24(28)31-33)32-12-11-19(15-32)30-25(34)16-37-20-7-5-4-6-8-20;1-11-18(12-4-5-15(32-2)16(8-12)33-3)30-19(26-11)14(9-17(22)28-30)29-7-6-13(10-29)27-20(31)21(23,24)25/h5-11,14,16,22H,12-13,15,17H2,1-4H3,(H,30,34);4-10,13-14,19H,11-12,15-16H2,1-3H3,(H,30,34);4-5,8-9,13H,6-7,10H2,1-3H3,(H,27,31)/t22-;19-;13-/m111/s1. The number of anilines is 3. The molecule has 0 radical (unpaired) electrons. The lowest BCUT2D eigenvalue weighted by atomic mass is 10.1. The number of methoxy groups -OCH3 is 6. The van der Waals surface area contributed by atoms with E-state index < -0.39 is 18.1 Å². The van der Waals surface area contributed by atoms with Crippen molar-refractivity contribution in [3.05, 3.63) is 172 Å². The van der Waals surface area contributed by atoms with Crippen molar-refractivity contribution in [3.8, 4) is 74.0 Å². The summed E-state index contributed by atoms with van der Waals surface area (Å²) in [5.74, 6) is 2.32. The summed E-state index contributed by atoms with van der Waals surface area (Å²) in [5.41, 5.74) is 13.9. The largest absolute Gasteiger partial charge is 0.493 e. The molecular weight excluding hydrogens is 1410 g/mol. The average molecular weight is 1490 g/mol. The van der Waals surface area contributed by atoms with Gasteiger partial charge < -0.3 is 63.8 Å². The van der Waals surface area contributed by atoms with E-state index in [-0.39, 0.29) is 42.2 Å². The molecule has 0 bridgehead atoms. The van der Waals surface area contributed by atoms with E-state index in [0.717, 1.165) is 100 Å². The minimum atomic E-state index is -4.92. The van der Waals surface area contributed by atoms with Gasteiger partial charge in [0.2, 0.25) is 5.91 Å². The minimum absolute atomic E-state index is 0.0137. The van der Waals surface area contributed by atoms with Crippen molar-refractivity contribution in [3.63, 3.8) is 0 Å². The molecule has 25 nitrogen and oxygen atoms in total. The van der Waals surface area contributed by atoms with Gasteiger partial charge in [0.15, 0.2) is 68.4 Å². The number of rotatable bonds is 20. The Bertz CT molecular complexity index is 5030.